The monoisotopic (exact) mass is 285 g/mol. The maximum Gasteiger partial charge on any atom is 0.0710 e. The predicted octanol–water partition coefficient (Wildman–Crippen LogP) is 2.27. The molecule has 2 aliphatic heterocycles. The summed E-state index contributed by atoms with van der Waals surface area (Å²) in [7, 11) is 2.10. The molecule has 112 valence electrons. The maximum absolute atomic E-state index is 6.22. The quantitative estimate of drug-likeness (QED) is 0.920. The van der Waals surface area contributed by atoms with Crippen molar-refractivity contribution in [2.24, 2.45) is 13.0 Å². The van der Waals surface area contributed by atoms with Crippen LogP contribution in [-0.4, -0.2) is 34.8 Å². The average Bonchev–Trinajstić information content (AvgIpc) is 3.06. The van der Waals surface area contributed by atoms with Crippen LogP contribution in [0.5, 0.6) is 0 Å². The first-order valence-corrected chi connectivity index (χ1v) is 7.99. The smallest absolute Gasteiger partial charge is 0.0710 e. The van der Waals surface area contributed by atoms with Crippen molar-refractivity contribution >= 4 is 10.9 Å². The number of aromatic nitrogens is 2. The molecule has 0 radical (unpaired) electrons. The van der Waals surface area contributed by atoms with E-state index in [-0.39, 0.29) is 5.60 Å². The van der Waals surface area contributed by atoms with Crippen LogP contribution >= 0.6 is 0 Å². The minimum atomic E-state index is 0.151. The lowest BCUT2D eigenvalue weighted by atomic mass is 9.84. The van der Waals surface area contributed by atoms with Crippen LogP contribution in [0.2, 0.25) is 0 Å². The zero-order valence-electron chi connectivity index (χ0n) is 12.6. The summed E-state index contributed by atoms with van der Waals surface area (Å²) in [6, 6.07) is 4.26. The summed E-state index contributed by atoms with van der Waals surface area (Å²) in [5.41, 5.74) is 2.65. The second-order valence-corrected chi connectivity index (χ2v) is 6.64. The zero-order chi connectivity index (χ0) is 14.3. The molecular weight excluding hydrogens is 262 g/mol. The fourth-order valence-corrected chi connectivity index (χ4v) is 4.05. The third-order valence-corrected chi connectivity index (χ3v) is 5.14. The van der Waals surface area contributed by atoms with Crippen LogP contribution in [0.25, 0.3) is 10.9 Å². The van der Waals surface area contributed by atoms with E-state index in [0.717, 1.165) is 39.0 Å². The van der Waals surface area contributed by atoms with Crippen molar-refractivity contribution in [2.45, 2.75) is 31.3 Å². The number of hydrogen-bond acceptors (Lipinski definition) is 3. The third-order valence-electron chi connectivity index (χ3n) is 5.14. The van der Waals surface area contributed by atoms with E-state index in [1.807, 2.05) is 6.20 Å². The SMILES string of the molecule is Cn1ccc2ccnc(CC3COC4(CCNCC4)C3)c21. The Kier molecular flexibility index (Phi) is 3.23. The molecule has 2 aliphatic rings. The molecular formula is C17H23N3O. The molecule has 0 saturated carbocycles. The molecule has 4 rings (SSSR count). The van der Waals surface area contributed by atoms with Gasteiger partial charge in [-0.25, -0.2) is 0 Å². The van der Waals surface area contributed by atoms with Crippen LogP contribution in [0.15, 0.2) is 24.5 Å². The Morgan fingerprint density at radius 1 is 1.38 bits per heavy atom. The van der Waals surface area contributed by atoms with Crippen molar-refractivity contribution < 1.29 is 4.74 Å². The summed E-state index contributed by atoms with van der Waals surface area (Å²) in [6.45, 7) is 3.08. The van der Waals surface area contributed by atoms with Gasteiger partial charge in [-0.05, 0) is 56.8 Å². The Bertz CT molecular complexity index is 643. The first kappa shape index (κ1) is 13.3. The van der Waals surface area contributed by atoms with Gasteiger partial charge in [-0.1, -0.05) is 0 Å². The minimum absolute atomic E-state index is 0.151. The molecule has 4 heteroatoms. The summed E-state index contributed by atoms with van der Waals surface area (Å²) >= 11 is 0. The van der Waals surface area contributed by atoms with Gasteiger partial charge in [-0.2, -0.15) is 0 Å². The van der Waals surface area contributed by atoms with Gasteiger partial charge >= 0.3 is 0 Å². The summed E-state index contributed by atoms with van der Waals surface area (Å²) < 4.78 is 8.40. The van der Waals surface area contributed by atoms with Crippen LogP contribution in [0.4, 0.5) is 0 Å². The molecule has 1 atom stereocenters. The van der Waals surface area contributed by atoms with Crippen molar-refractivity contribution in [3.05, 3.63) is 30.2 Å². The fourth-order valence-electron chi connectivity index (χ4n) is 4.05. The van der Waals surface area contributed by atoms with Crippen LogP contribution in [0, 0.1) is 5.92 Å². The number of hydrogen-bond donors (Lipinski definition) is 1. The van der Waals surface area contributed by atoms with Crippen LogP contribution in [0.1, 0.15) is 25.0 Å². The molecule has 2 saturated heterocycles. The van der Waals surface area contributed by atoms with Crippen molar-refractivity contribution in [3.63, 3.8) is 0 Å². The summed E-state index contributed by atoms with van der Waals surface area (Å²) in [5.74, 6) is 0.607. The van der Waals surface area contributed by atoms with Crippen molar-refractivity contribution in [3.8, 4) is 0 Å². The molecule has 0 amide bonds. The molecule has 2 aromatic heterocycles. The Morgan fingerprint density at radius 2 is 2.24 bits per heavy atom. The van der Waals surface area contributed by atoms with E-state index in [1.165, 1.54) is 23.0 Å². The van der Waals surface area contributed by atoms with Crippen LogP contribution < -0.4 is 5.32 Å². The van der Waals surface area contributed by atoms with Crippen molar-refractivity contribution in [1.29, 1.82) is 0 Å². The molecule has 1 N–H and O–H groups in total. The Morgan fingerprint density at radius 3 is 3.10 bits per heavy atom. The number of pyridine rings is 1. The van der Waals surface area contributed by atoms with E-state index in [1.54, 1.807) is 0 Å². The first-order valence-electron chi connectivity index (χ1n) is 7.99. The van der Waals surface area contributed by atoms with Gasteiger partial charge in [0, 0.05) is 24.8 Å². The van der Waals surface area contributed by atoms with Gasteiger partial charge in [0.2, 0.25) is 0 Å². The van der Waals surface area contributed by atoms with Crippen LogP contribution in [0.3, 0.4) is 0 Å². The Hall–Kier alpha value is -1.39. The van der Waals surface area contributed by atoms with Gasteiger partial charge in [0.05, 0.1) is 23.4 Å². The molecule has 1 unspecified atom stereocenters. The number of fused-ring (bicyclic) bond motifs is 1. The highest BCUT2D eigenvalue weighted by Gasteiger charge is 2.41. The Labute approximate surface area is 125 Å². The van der Waals surface area contributed by atoms with Crippen molar-refractivity contribution in [1.82, 2.24) is 14.9 Å². The number of rotatable bonds is 2. The van der Waals surface area contributed by atoms with Gasteiger partial charge in [-0.15, -0.1) is 0 Å². The number of aryl methyl sites for hydroxylation is 1. The standard InChI is InChI=1S/C17H23N3O/c1-20-9-3-14-2-6-19-15(16(14)20)10-13-11-17(21-12-13)4-7-18-8-5-17/h2-3,6,9,13,18H,4-5,7-8,10-12H2,1H3. The highest BCUT2D eigenvalue weighted by atomic mass is 16.5. The second kappa shape index (κ2) is 5.11. The molecule has 1 spiro atoms. The van der Waals surface area contributed by atoms with E-state index < -0.39 is 0 Å². The normalized spacial score (nSPS) is 24.9. The highest BCUT2D eigenvalue weighted by Crippen LogP contribution is 2.38. The first-order chi connectivity index (χ1) is 10.3. The molecule has 4 heterocycles. The van der Waals surface area contributed by atoms with Gasteiger partial charge in [0.1, 0.15) is 0 Å². The fraction of sp³-hybridized carbons (Fsp3) is 0.588. The third kappa shape index (κ3) is 2.36. The lowest BCUT2D eigenvalue weighted by molar-refractivity contribution is -0.0196. The summed E-state index contributed by atoms with van der Waals surface area (Å²) in [5, 5.41) is 4.72. The number of piperidine rings is 1. The zero-order valence-corrected chi connectivity index (χ0v) is 12.6. The predicted molar refractivity (Wildman–Crippen MR) is 83.3 cm³/mol. The van der Waals surface area contributed by atoms with Gasteiger partial charge in [0.15, 0.2) is 0 Å². The van der Waals surface area contributed by atoms with E-state index in [9.17, 15) is 0 Å². The van der Waals surface area contributed by atoms with Gasteiger partial charge in [-0.3, -0.25) is 4.98 Å². The summed E-state index contributed by atoms with van der Waals surface area (Å²) in [4.78, 5) is 4.65. The molecule has 2 aromatic rings. The van der Waals surface area contributed by atoms with E-state index in [4.69, 9.17) is 4.74 Å². The number of nitrogens with zero attached hydrogens (tertiary/aromatic N) is 2. The second-order valence-electron chi connectivity index (χ2n) is 6.64. The van der Waals surface area contributed by atoms with Crippen molar-refractivity contribution in [2.75, 3.05) is 19.7 Å². The van der Waals surface area contributed by atoms with E-state index in [0.29, 0.717) is 5.92 Å². The lowest BCUT2D eigenvalue weighted by Gasteiger charge is -2.33. The molecule has 0 aromatic carbocycles. The average molecular weight is 285 g/mol. The highest BCUT2D eigenvalue weighted by molar-refractivity contribution is 5.81. The molecule has 21 heavy (non-hydrogen) atoms. The van der Waals surface area contributed by atoms with Crippen LogP contribution in [-0.2, 0) is 18.2 Å². The lowest BCUT2D eigenvalue weighted by Crippen LogP contribution is -2.41. The largest absolute Gasteiger partial charge is 0.375 e. The number of nitrogens with one attached hydrogen (secondary N) is 1. The number of ether oxygens (including phenoxy) is 1. The maximum atomic E-state index is 6.22. The summed E-state index contributed by atoms with van der Waals surface area (Å²) in [6.07, 6.45) is 8.60. The topological polar surface area (TPSA) is 39.1 Å². The molecule has 0 bridgehead atoms. The van der Waals surface area contributed by atoms with E-state index in [2.05, 4.69) is 40.2 Å². The molecule has 2 fully saturated rings. The molecule has 0 aliphatic carbocycles. The van der Waals surface area contributed by atoms with E-state index >= 15 is 0 Å². The van der Waals surface area contributed by atoms with Gasteiger partial charge < -0.3 is 14.6 Å². The van der Waals surface area contributed by atoms with Gasteiger partial charge in [0.25, 0.3) is 0 Å². The molecule has 4 nitrogen and oxygen atoms in total. The minimum Gasteiger partial charge on any atom is -0.375 e. The Balaban J connectivity index is 1.54.